The minimum absolute atomic E-state index is 0. The number of rotatable bonds is 5. The monoisotopic (exact) mass is 465 g/mol. The zero-order valence-electron chi connectivity index (χ0n) is 15.4. The second kappa shape index (κ2) is 10.6. The van der Waals surface area contributed by atoms with Gasteiger partial charge in [0.1, 0.15) is 5.01 Å². The molecule has 0 bridgehead atoms. The first-order valence-corrected chi connectivity index (χ1v) is 9.49. The zero-order chi connectivity index (χ0) is 16.7. The van der Waals surface area contributed by atoms with Crippen LogP contribution in [-0.4, -0.2) is 49.1 Å². The highest BCUT2D eigenvalue weighted by atomic mass is 127. The van der Waals surface area contributed by atoms with Crippen LogP contribution < -0.4 is 10.6 Å². The standard InChI is InChI=1S/C17H31N5S.HI/c1-17(2,3)14-13-23-15(21-14)12-20-16(18-4)19-8-11-22-9-6-5-7-10-22;/h13H,5-12H2,1-4H3,(H2,18,19,20);1H. The van der Waals surface area contributed by atoms with E-state index in [1.807, 2.05) is 7.05 Å². The number of hydrogen-bond acceptors (Lipinski definition) is 4. The number of nitrogens with one attached hydrogen (secondary N) is 2. The number of aromatic nitrogens is 1. The van der Waals surface area contributed by atoms with E-state index in [4.69, 9.17) is 4.98 Å². The van der Waals surface area contributed by atoms with E-state index in [0.717, 1.165) is 36.3 Å². The van der Waals surface area contributed by atoms with Crippen LogP contribution >= 0.6 is 35.3 Å². The van der Waals surface area contributed by atoms with Crippen molar-refractivity contribution < 1.29 is 0 Å². The molecular formula is C17H32IN5S. The number of likely N-dealkylation sites (tertiary alicyclic amines) is 1. The highest BCUT2D eigenvalue weighted by Crippen LogP contribution is 2.23. The third kappa shape index (κ3) is 7.23. The van der Waals surface area contributed by atoms with Gasteiger partial charge in [-0.05, 0) is 25.9 Å². The van der Waals surface area contributed by atoms with Gasteiger partial charge < -0.3 is 15.5 Å². The van der Waals surface area contributed by atoms with Gasteiger partial charge >= 0.3 is 0 Å². The van der Waals surface area contributed by atoms with Gasteiger partial charge in [0.25, 0.3) is 0 Å². The Balaban J connectivity index is 0.00000288. The van der Waals surface area contributed by atoms with Gasteiger partial charge in [-0.3, -0.25) is 4.99 Å². The highest BCUT2D eigenvalue weighted by molar-refractivity contribution is 14.0. The van der Waals surface area contributed by atoms with Crippen molar-refractivity contribution in [3.8, 4) is 0 Å². The first kappa shape index (κ1) is 21.6. The lowest BCUT2D eigenvalue weighted by Crippen LogP contribution is -2.42. The van der Waals surface area contributed by atoms with E-state index in [9.17, 15) is 0 Å². The fourth-order valence-electron chi connectivity index (χ4n) is 2.63. The van der Waals surface area contributed by atoms with Crippen LogP contribution in [0.15, 0.2) is 10.4 Å². The molecule has 2 heterocycles. The molecule has 1 fully saturated rings. The van der Waals surface area contributed by atoms with Crippen LogP contribution in [0.1, 0.15) is 50.7 Å². The van der Waals surface area contributed by atoms with Gasteiger partial charge in [-0.25, -0.2) is 4.98 Å². The normalized spacial score (nSPS) is 16.6. The SMILES string of the molecule is CN=C(NCCN1CCCCC1)NCc1nc(C(C)(C)C)cs1.I. The quantitative estimate of drug-likeness (QED) is 0.399. The summed E-state index contributed by atoms with van der Waals surface area (Å²) in [5, 5.41) is 10.0. The van der Waals surface area contributed by atoms with Crippen LogP contribution in [0.4, 0.5) is 0 Å². The average molecular weight is 465 g/mol. The summed E-state index contributed by atoms with van der Waals surface area (Å²) in [4.78, 5) is 11.5. The molecule has 0 spiro atoms. The molecule has 7 heteroatoms. The van der Waals surface area contributed by atoms with E-state index >= 15 is 0 Å². The molecule has 2 rings (SSSR count). The minimum Gasteiger partial charge on any atom is -0.355 e. The predicted molar refractivity (Wildman–Crippen MR) is 115 cm³/mol. The van der Waals surface area contributed by atoms with Gasteiger partial charge in [0.15, 0.2) is 5.96 Å². The Bertz CT molecular complexity index is 503. The molecule has 2 N–H and O–H groups in total. The van der Waals surface area contributed by atoms with Gasteiger partial charge in [0.2, 0.25) is 0 Å². The van der Waals surface area contributed by atoms with E-state index in [1.54, 1.807) is 11.3 Å². The molecule has 0 unspecified atom stereocenters. The lowest BCUT2D eigenvalue weighted by atomic mass is 9.93. The number of guanidine groups is 1. The van der Waals surface area contributed by atoms with Crippen molar-refractivity contribution in [2.75, 3.05) is 33.2 Å². The molecule has 0 atom stereocenters. The lowest BCUT2D eigenvalue weighted by Gasteiger charge is -2.26. The van der Waals surface area contributed by atoms with E-state index in [1.165, 1.54) is 32.4 Å². The number of halogens is 1. The number of thiazole rings is 1. The van der Waals surface area contributed by atoms with Gasteiger partial charge in [-0.15, -0.1) is 35.3 Å². The molecular weight excluding hydrogens is 433 g/mol. The maximum absolute atomic E-state index is 4.71. The summed E-state index contributed by atoms with van der Waals surface area (Å²) in [5.74, 6) is 0.856. The van der Waals surface area contributed by atoms with Crippen molar-refractivity contribution in [3.63, 3.8) is 0 Å². The molecule has 24 heavy (non-hydrogen) atoms. The van der Waals surface area contributed by atoms with Crippen LogP contribution in [0, 0.1) is 0 Å². The van der Waals surface area contributed by atoms with Crippen LogP contribution in [0.25, 0.3) is 0 Å². The summed E-state index contributed by atoms with van der Waals surface area (Å²) in [6.45, 7) is 11.8. The van der Waals surface area contributed by atoms with Gasteiger partial charge in [-0.2, -0.15) is 0 Å². The Morgan fingerprint density at radius 2 is 1.96 bits per heavy atom. The van der Waals surface area contributed by atoms with E-state index in [0.29, 0.717) is 0 Å². The number of nitrogens with zero attached hydrogens (tertiary/aromatic N) is 3. The fraction of sp³-hybridized carbons (Fsp3) is 0.765. The first-order chi connectivity index (χ1) is 11.0. The molecule has 1 aliphatic heterocycles. The van der Waals surface area contributed by atoms with E-state index in [2.05, 4.69) is 46.7 Å². The Morgan fingerprint density at radius 3 is 2.54 bits per heavy atom. The molecule has 0 amide bonds. The fourth-order valence-corrected chi connectivity index (χ4v) is 3.59. The summed E-state index contributed by atoms with van der Waals surface area (Å²) in [6.07, 6.45) is 4.07. The van der Waals surface area contributed by atoms with Crippen molar-refractivity contribution in [1.82, 2.24) is 20.5 Å². The van der Waals surface area contributed by atoms with Gasteiger partial charge in [0, 0.05) is 30.9 Å². The largest absolute Gasteiger partial charge is 0.355 e. The van der Waals surface area contributed by atoms with Crippen LogP contribution in [0.3, 0.4) is 0 Å². The Morgan fingerprint density at radius 1 is 1.25 bits per heavy atom. The van der Waals surface area contributed by atoms with Crippen LogP contribution in [0.5, 0.6) is 0 Å². The van der Waals surface area contributed by atoms with Crippen molar-refractivity contribution in [2.24, 2.45) is 4.99 Å². The molecule has 1 aromatic heterocycles. The molecule has 138 valence electrons. The second-order valence-electron chi connectivity index (χ2n) is 7.13. The third-order valence-electron chi connectivity index (χ3n) is 4.12. The van der Waals surface area contributed by atoms with Crippen molar-refractivity contribution in [3.05, 3.63) is 16.1 Å². The molecule has 1 aliphatic rings. The van der Waals surface area contributed by atoms with Crippen molar-refractivity contribution >= 4 is 41.3 Å². The van der Waals surface area contributed by atoms with Gasteiger partial charge in [-0.1, -0.05) is 27.2 Å². The highest BCUT2D eigenvalue weighted by Gasteiger charge is 2.17. The van der Waals surface area contributed by atoms with E-state index in [-0.39, 0.29) is 29.4 Å². The average Bonchev–Trinajstić information content (AvgIpc) is 3.01. The van der Waals surface area contributed by atoms with Crippen LogP contribution in [0.2, 0.25) is 0 Å². The summed E-state index contributed by atoms with van der Waals surface area (Å²) < 4.78 is 0. The molecule has 0 saturated carbocycles. The Labute approximate surface area is 167 Å². The Kier molecular flexibility index (Phi) is 9.51. The number of hydrogen-bond donors (Lipinski definition) is 2. The minimum atomic E-state index is 0. The van der Waals surface area contributed by atoms with Crippen molar-refractivity contribution in [2.45, 2.75) is 52.0 Å². The summed E-state index contributed by atoms with van der Waals surface area (Å²) in [5.41, 5.74) is 1.27. The van der Waals surface area contributed by atoms with E-state index < -0.39 is 0 Å². The lowest BCUT2D eigenvalue weighted by molar-refractivity contribution is 0.232. The number of piperidine rings is 1. The predicted octanol–water partition coefficient (Wildman–Crippen LogP) is 3.21. The molecule has 5 nitrogen and oxygen atoms in total. The molecule has 1 aromatic rings. The summed E-state index contributed by atoms with van der Waals surface area (Å²) in [6, 6.07) is 0. The maximum Gasteiger partial charge on any atom is 0.191 e. The molecule has 0 aromatic carbocycles. The smallest absolute Gasteiger partial charge is 0.191 e. The maximum atomic E-state index is 4.71. The molecule has 0 radical (unpaired) electrons. The molecule has 1 saturated heterocycles. The zero-order valence-corrected chi connectivity index (χ0v) is 18.5. The third-order valence-corrected chi connectivity index (χ3v) is 4.97. The topological polar surface area (TPSA) is 52.6 Å². The molecule has 0 aliphatic carbocycles. The summed E-state index contributed by atoms with van der Waals surface area (Å²) >= 11 is 1.71. The number of aliphatic imine (C=N–C) groups is 1. The van der Waals surface area contributed by atoms with Crippen molar-refractivity contribution in [1.29, 1.82) is 0 Å². The summed E-state index contributed by atoms with van der Waals surface area (Å²) in [7, 11) is 1.82. The first-order valence-electron chi connectivity index (χ1n) is 8.61. The van der Waals surface area contributed by atoms with Crippen LogP contribution in [-0.2, 0) is 12.0 Å². The second-order valence-corrected chi connectivity index (χ2v) is 8.07. The Hall–Kier alpha value is -0.410. The van der Waals surface area contributed by atoms with Gasteiger partial charge in [0.05, 0.1) is 12.2 Å².